The fourth-order valence-electron chi connectivity index (χ4n) is 3.46. The van der Waals surface area contributed by atoms with Crippen molar-refractivity contribution in [3.8, 4) is 22.8 Å². The summed E-state index contributed by atoms with van der Waals surface area (Å²) in [6, 6.07) is 11.7. The van der Waals surface area contributed by atoms with Gasteiger partial charge in [0.15, 0.2) is 5.15 Å². The van der Waals surface area contributed by atoms with E-state index in [9.17, 15) is 4.79 Å². The second kappa shape index (κ2) is 7.91. The van der Waals surface area contributed by atoms with E-state index in [-0.39, 0.29) is 12.5 Å². The molecule has 0 spiro atoms. The van der Waals surface area contributed by atoms with Crippen molar-refractivity contribution < 1.29 is 14.4 Å². The average Bonchev–Trinajstić information content (AvgIpc) is 3.31. The highest BCUT2D eigenvalue weighted by Gasteiger charge is 2.16. The van der Waals surface area contributed by atoms with Crippen molar-refractivity contribution in [1.29, 1.82) is 0 Å². The topological polar surface area (TPSA) is 94.0 Å². The van der Waals surface area contributed by atoms with Crippen LogP contribution in [0.15, 0.2) is 40.9 Å². The Bertz CT molecular complexity index is 1240. The van der Waals surface area contributed by atoms with Crippen molar-refractivity contribution in [3.63, 3.8) is 0 Å². The van der Waals surface area contributed by atoms with Gasteiger partial charge in [0.2, 0.25) is 5.82 Å². The predicted octanol–water partition coefficient (Wildman–Crippen LogP) is 5.31. The number of aromatic nitrogens is 4. The van der Waals surface area contributed by atoms with Crippen molar-refractivity contribution >= 4 is 28.5 Å². The van der Waals surface area contributed by atoms with Crippen molar-refractivity contribution in [2.45, 2.75) is 39.7 Å². The Balaban J connectivity index is 1.64. The van der Waals surface area contributed by atoms with Crippen LogP contribution in [0.2, 0.25) is 5.15 Å². The number of carbonyl (C=O) groups is 1. The maximum absolute atomic E-state index is 10.8. The van der Waals surface area contributed by atoms with Crippen LogP contribution in [-0.4, -0.2) is 31.0 Å². The highest BCUT2D eigenvalue weighted by molar-refractivity contribution is 6.34. The SMILES string of the molecule is Cc1cc(CCC(=O)O)ccc1-c1noc(-c2ccc3c(c2)c(Cl)nn3C(C)C)n1. The molecule has 0 atom stereocenters. The lowest BCUT2D eigenvalue weighted by atomic mass is 10.0. The zero-order chi connectivity index (χ0) is 21.4. The molecule has 2 heterocycles. The Kier molecular flexibility index (Phi) is 5.30. The number of halogens is 1. The molecule has 2 aromatic carbocycles. The van der Waals surface area contributed by atoms with E-state index < -0.39 is 5.97 Å². The highest BCUT2D eigenvalue weighted by atomic mass is 35.5. The number of aliphatic carboxylic acids is 1. The van der Waals surface area contributed by atoms with Crippen LogP contribution < -0.4 is 0 Å². The summed E-state index contributed by atoms with van der Waals surface area (Å²) in [6.07, 6.45) is 0.586. The molecule has 0 aliphatic rings. The lowest BCUT2D eigenvalue weighted by molar-refractivity contribution is -0.136. The number of hydrogen-bond acceptors (Lipinski definition) is 5. The lowest BCUT2D eigenvalue weighted by Gasteiger charge is -2.06. The van der Waals surface area contributed by atoms with E-state index >= 15 is 0 Å². The van der Waals surface area contributed by atoms with Crippen LogP contribution in [0, 0.1) is 6.92 Å². The highest BCUT2D eigenvalue weighted by Crippen LogP contribution is 2.31. The molecule has 4 aromatic rings. The number of carboxylic acids is 1. The molecule has 4 rings (SSSR count). The van der Waals surface area contributed by atoms with E-state index in [4.69, 9.17) is 21.2 Å². The number of benzene rings is 2. The fourth-order valence-corrected chi connectivity index (χ4v) is 3.70. The summed E-state index contributed by atoms with van der Waals surface area (Å²) in [7, 11) is 0. The second-order valence-corrected chi connectivity index (χ2v) is 7.89. The van der Waals surface area contributed by atoms with Crippen LogP contribution in [0.1, 0.15) is 37.4 Å². The molecular weight excluding hydrogens is 404 g/mol. The molecule has 1 N–H and O–H groups in total. The monoisotopic (exact) mass is 424 g/mol. The first-order valence-electron chi connectivity index (χ1n) is 9.67. The number of hydrogen-bond donors (Lipinski definition) is 1. The number of rotatable bonds is 6. The number of aryl methyl sites for hydroxylation is 2. The van der Waals surface area contributed by atoms with Gasteiger partial charge in [-0.25, -0.2) is 0 Å². The first-order chi connectivity index (χ1) is 14.3. The molecule has 0 amide bonds. The Morgan fingerprint density at radius 2 is 2.03 bits per heavy atom. The van der Waals surface area contributed by atoms with Crippen LogP contribution >= 0.6 is 11.6 Å². The summed E-state index contributed by atoms with van der Waals surface area (Å²) in [5.74, 6) is 0.0709. The number of carboxylic acid groups (broad SMARTS) is 1. The Morgan fingerprint density at radius 3 is 2.73 bits per heavy atom. The van der Waals surface area contributed by atoms with Gasteiger partial charge in [0.25, 0.3) is 5.89 Å². The summed E-state index contributed by atoms with van der Waals surface area (Å²) in [4.78, 5) is 15.3. The maximum Gasteiger partial charge on any atom is 0.303 e. The molecule has 0 fully saturated rings. The molecule has 7 nitrogen and oxygen atoms in total. The molecular formula is C22H21ClN4O3. The van der Waals surface area contributed by atoms with E-state index in [1.54, 1.807) is 0 Å². The summed E-state index contributed by atoms with van der Waals surface area (Å²) in [6.45, 7) is 6.05. The summed E-state index contributed by atoms with van der Waals surface area (Å²) in [5, 5.41) is 18.7. The van der Waals surface area contributed by atoms with E-state index in [1.807, 2.05) is 48.0 Å². The van der Waals surface area contributed by atoms with Crippen molar-refractivity contribution in [2.24, 2.45) is 0 Å². The summed E-state index contributed by atoms with van der Waals surface area (Å²) < 4.78 is 7.39. The van der Waals surface area contributed by atoms with Gasteiger partial charge < -0.3 is 9.63 Å². The van der Waals surface area contributed by atoms with Gasteiger partial charge in [0, 0.05) is 29.0 Å². The Hall–Kier alpha value is -3.19. The quantitative estimate of drug-likeness (QED) is 0.450. The lowest BCUT2D eigenvalue weighted by Crippen LogP contribution is -2.01. The fraction of sp³-hybridized carbons (Fsp3) is 0.273. The summed E-state index contributed by atoms with van der Waals surface area (Å²) in [5.41, 5.74) is 4.48. The Labute approximate surface area is 178 Å². The van der Waals surface area contributed by atoms with Gasteiger partial charge in [-0.05, 0) is 56.5 Å². The van der Waals surface area contributed by atoms with Crippen LogP contribution in [-0.2, 0) is 11.2 Å². The minimum absolute atomic E-state index is 0.101. The number of nitrogens with zero attached hydrogens (tertiary/aromatic N) is 4. The predicted molar refractivity (Wildman–Crippen MR) is 115 cm³/mol. The van der Waals surface area contributed by atoms with Gasteiger partial charge in [0.05, 0.1) is 5.52 Å². The molecule has 2 aromatic heterocycles. The Morgan fingerprint density at radius 1 is 1.23 bits per heavy atom. The second-order valence-electron chi connectivity index (χ2n) is 7.53. The van der Waals surface area contributed by atoms with Gasteiger partial charge in [-0.3, -0.25) is 9.48 Å². The molecule has 0 aliphatic heterocycles. The summed E-state index contributed by atoms with van der Waals surface area (Å²) >= 11 is 6.33. The average molecular weight is 425 g/mol. The van der Waals surface area contributed by atoms with Crippen LogP contribution in [0.4, 0.5) is 0 Å². The number of fused-ring (bicyclic) bond motifs is 1. The van der Waals surface area contributed by atoms with Crippen molar-refractivity contribution in [3.05, 3.63) is 52.7 Å². The standard InChI is InChI=1S/C22H21ClN4O3/c1-12(2)27-18-8-6-15(11-17(18)20(23)25-27)22-24-21(26-30-22)16-7-4-14(10-13(16)3)5-9-19(28)29/h4,6-8,10-12H,5,9H2,1-3H3,(H,28,29). The van der Waals surface area contributed by atoms with Gasteiger partial charge in [0.1, 0.15) is 0 Å². The van der Waals surface area contributed by atoms with Gasteiger partial charge in [-0.1, -0.05) is 35.0 Å². The smallest absolute Gasteiger partial charge is 0.303 e. The van der Waals surface area contributed by atoms with E-state index in [0.29, 0.717) is 23.3 Å². The molecule has 30 heavy (non-hydrogen) atoms. The molecule has 8 heteroatoms. The van der Waals surface area contributed by atoms with E-state index in [2.05, 4.69) is 29.1 Å². The third-order valence-corrected chi connectivity index (χ3v) is 5.26. The maximum atomic E-state index is 10.8. The van der Waals surface area contributed by atoms with Gasteiger partial charge in [-0.2, -0.15) is 10.1 Å². The van der Waals surface area contributed by atoms with Crippen molar-refractivity contribution in [1.82, 2.24) is 19.9 Å². The minimum atomic E-state index is -0.810. The molecule has 154 valence electrons. The largest absolute Gasteiger partial charge is 0.481 e. The van der Waals surface area contributed by atoms with E-state index in [0.717, 1.165) is 33.2 Å². The molecule has 0 radical (unpaired) electrons. The molecule has 0 aliphatic carbocycles. The molecule has 0 saturated carbocycles. The van der Waals surface area contributed by atoms with Crippen LogP contribution in [0.3, 0.4) is 0 Å². The van der Waals surface area contributed by atoms with E-state index in [1.165, 1.54) is 0 Å². The zero-order valence-electron chi connectivity index (χ0n) is 16.9. The molecule has 0 unspecified atom stereocenters. The molecule has 0 bridgehead atoms. The third-order valence-electron chi connectivity index (χ3n) is 4.98. The minimum Gasteiger partial charge on any atom is -0.481 e. The zero-order valence-corrected chi connectivity index (χ0v) is 17.6. The first kappa shape index (κ1) is 20.1. The van der Waals surface area contributed by atoms with Crippen LogP contribution in [0.25, 0.3) is 33.7 Å². The first-order valence-corrected chi connectivity index (χ1v) is 10.0. The molecule has 0 saturated heterocycles. The van der Waals surface area contributed by atoms with Gasteiger partial charge in [-0.15, -0.1) is 0 Å². The van der Waals surface area contributed by atoms with Crippen LogP contribution in [0.5, 0.6) is 0 Å². The van der Waals surface area contributed by atoms with Crippen molar-refractivity contribution in [2.75, 3.05) is 0 Å². The normalized spacial score (nSPS) is 11.5. The van der Waals surface area contributed by atoms with Gasteiger partial charge >= 0.3 is 5.97 Å². The third kappa shape index (κ3) is 3.80.